The summed E-state index contributed by atoms with van der Waals surface area (Å²) in [5.41, 5.74) is 7.37. The number of hydrogen-bond donors (Lipinski definition) is 0. The van der Waals surface area contributed by atoms with Crippen molar-refractivity contribution in [3.63, 3.8) is 0 Å². The van der Waals surface area contributed by atoms with E-state index >= 15 is 0 Å². The topological polar surface area (TPSA) is 17.1 Å². The van der Waals surface area contributed by atoms with Gasteiger partial charge in [-0.15, -0.1) is 5.73 Å². The van der Waals surface area contributed by atoms with Gasteiger partial charge in [-0.1, -0.05) is 51.1 Å². The van der Waals surface area contributed by atoms with Crippen LogP contribution in [-0.4, -0.2) is 23.5 Å². The highest BCUT2D eigenvalue weighted by Gasteiger charge is 2.36. The van der Waals surface area contributed by atoms with Crippen molar-refractivity contribution in [2.45, 2.75) is 37.3 Å². The minimum Gasteiger partial charge on any atom is -0.298 e. The molecule has 0 fully saturated rings. The van der Waals surface area contributed by atoms with E-state index in [2.05, 4.69) is 45.1 Å². The van der Waals surface area contributed by atoms with Crippen LogP contribution in [0.2, 0.25) is 0 Å². The van der Waals surface area contributed by atoms with E-state index in [1.165, 1.54) is 4.90 Å². The lowest BCUT2D eigenvalue weighted by Gasteiger charge is -2.45. The molecule has 0 heterocycles. The minimum absolute atomic E-state index is 0.107. The molecule has 2 heteroatoms. The Kier molecular flexibility index (Phi) is 4.89. The van der Waals surface area contributed by atoms with Gasteiger partial charge in [-0.3, -0.25) is 4.79 Å². The molecule has 0 N–H and O–H groups in total. The van der Waals surface area contributed by atoms with Crippen molar-refractivity contribution in [1.29, 1.82) is 0 Å². The summed E-state index contributed by atoms with van der Waals surface area (Å²) in [6.45, 7) is 8.75. The highest BCUT2D eigenvalue weighted by Crippen LogP contribution is 2.64. The molecule has 0 spiro atoms. The predicted molar refractivity (Wildman–Crippen MR) is 104 cm³/mol. The summed E-state index contributed by atoms with van der Waals surface area (Å²) in [6.07, 6.45) is 9.59. The molecule has 0 unspecified atom stereocenters. The number of allylic oxidation sites excluding steroid dienone is 1. The maximum atomic E-state index is 12.0. The Morgan fingerprint density at radius 1 is 1.00 bits per heavy atom. The third-order valence-corrected chi connectivity index (χ3v) is 9.18. The number of hydrogen-bond acceptors (Lipinski definition) is 1. The highest BCUT2D eigenvalue weighted by atomic mass is 32.3. The van der Waals surface area contributed by atoms with Gasteiger partial charge in [0.1, 0.15) is 0 Å². The van der Waals surface area contributed by atoms with Gasteiger partial charge in [0.15, 0.2) is 6.29 Å². The van der Waals surface area contributed by atoms with Crippen molar-refractivity contribution in [1.82, 2.24) is 0 Å². The van der Waals surface area contributed by atoms with E-state index in [4.69, 9.17) is 0 Å². The Balaban J connectivity index is 2.99. The molecule has 0 saturated heterocycles. The largest absolute Gasteiger partial charge is 0.298 e. The lowest BCUT2D eigenvalue weighted by Crippen LogP contribution is -2.24. The Morgan fingerprint density at radius 3 is 2.04 bits per heavy atom. The van der Waals surface area contributed by atoms with Crippen molar-refractivity contribution in [2.24, 2.45) is 0 Å². The average molecular weight is 327 g/mol. The van der Waals surface area contributed by atoms with Gasteiger partial charge in [0.05, 0.1) is 0 Å². The molecule has 0 amide bonds. The molecule has 2 rings (SSSR count). The van der Waals surface area contributed by atoms with Crippen molar-refractivity contribution < 1.29 is 4.79 Å². The fourth-order valence-corrected chi connectivity index (χ4v) is 4.73. The first-order valence-corrected chi connectivity index (χ1v) is 10.3. The second-order valence-electron chi connectivity index (χ2n) is 7.05. The zero-order valence-corrected chi connectivity index (χ0v) is 15.8. The van der Waals surface area contributed by atoms with Gasteiger partial charge < -0.3 is 0 Å². The van der Waals surface area contributed by atoms with Crippen LogP contribution in [0.25, 0.3) is 17.2 Å². The fraction of sp³-hybridized carbons (Fsp3) is 0.333. The third kappa shape index (κ3) is 3.02. The monoisotopic (exact) mass is 326 g/mol. The standard InChI is InChI=1S/C21H26OS/c1-7-8-12-18-16-13-10-9-11-14-17(16)19(15-22)20(18)23(5,6)21(2,3)4/h7,9-15H,1-6H3. The molecule has 2 aliphatic rings. The number of fused-ring (bicyclic) bond motifs is 1. The number of carbonyl (C=O) groups excluding carboxylic acids is 1. The van der Waals surface area contributed by atoms with Crippen LogP contribution >= 0.6 is 10.0 Å². The summed E-state index contributed by atoms with van der Waals surface area (Å²) in [5, 5.41) is 0. The Morgan fingerprint density at radius 2 is 1.57 bits per heavy atom. The summed E-state index contributed by atoms with van der Waals surface area (Å²) in [7, 11) is -1.18. The lowest BCUT2D eigenvalue weighted by molar-refractivity contribution is 0.112. The Hall–Kier alpha value is -1.76. The molecule has 0 bridgehead atoms. The zero-order chi connectivity index (χ0) is 17.3. The van der Waals surface area contributed by atoms with Crippen LogP contribution < -0.4 is 0 Å². The van der Waals surface area contributed by atoms with Gasteiger partial charge >= 0.3 is 0 Å². The lowest BCUT2D eigenvalue weighted by atomic mass is 10.1. The summed E-state index contributed by atoms with van der Waals surface area (Å²) < 4.78 is 0.107. The Labute approximate surface area is 141 Å². The van der Waals surface area contributed by atoms with Gasteiger partial charge in [-0.2, -0.15) is 0 Å². The SMILES string of the molecule is CC=C=Cc1c2cccccc-2c(C=O)c1S(C)(C)C(C)(C)C. The van der Waals surface area contributed by atoms with Crippen molar-refractivity contribution >= 4 is 22.4 Å². The Bertz CT molecular complexity index is 756. The van der Waals surface area contributed by atoms with Gasteiger partial charge in [0.2, 0.25) is 0 Å². The molecule has 0 aromatic carbocycles. The first-order valence-electron chi connectivity index (χ1n) is 7.85. The van der Waals surface area contributed by atoms with Crippen molar-refractivity contribution in [2.75, 3.05) is 12.5 Å². The zero-order valence-electron chi connectivity index (χ0n) is 14.9. The molecule has 0 aromatic heterocycles. The van der Waals surface area contributed by atoms with Crippen LogP contribution in [0.15, 0.2) is 47.0 Å². The van der Waals surface area contributed by atoms with Crippen LogP contribution in [0, 0.1) is 0 Å². The quantitative estimate of drug-likeness (QED) is 0.498. The van der Waals surface area contributed by atoms with Gasteiger partial charge in [-0.05, 0) is 47.5 Å². The molecular formula is C21H26OS. The molecule has 0 aromatic rings. The molecule has 122 valence electrons. The van der Waals surface area contributed by atoms with E-state index in [0.29, 0.717) is 0 Å². The maximum absolute atomic E-state index is 12.0. The van der Waals surface area contributed by atoms with Crippen LogP contribution in [0.1, 0.15) is 43.6 Å². The molecule has 0 atom stereocenters. The predicted octanol–water partition coefficient (Wildman–Crippen LogP) is 6.01. The fourth-order valence-electron chi connectivity index (χ4n) is 2.69. The first-order chi connectivity index (χ1) is 10.8. The average Bonchev–Trinajstić information content (AvgIpc) is 2.62. The van der Waals surface area contributed by atoms with E-state index in [1.54, 1.807) is 0 Å². The molecule has 0 aliphatic heterocycles. The van der Waals surface area contributed by atoms with Crippen molar-refractivity contribution in [3.05, 3.63) is 53.3 Å². The minimum atomic E-state index is -1.18. The van der Waals surface area contributed by atoms with Crippen molar-refractivity contribution in [3.8, 4) is 11.1 Å². The number of carbonyl (C=O) groups is 1. The molecule has 2 aliphatic carbocycles. The molecule has 0 radical (unpaired) electrons. The molecule has 0 saturated carbocycles. The van der Waals surface area contributed by atoms with E-state index in [-0.39, 0.29) is 4.75 Å². The maximum Gasteiger partial charge on any atom is 0.151 e. The molecule has 23 heavy (non-hydrogen) atoms. The summed E-state index contributed by atoms with van der Waals surface area (Å²) in [5.74, 6) is 0. The second-order valence-corrected chi connectivity index (χ2v) is 11.3. The van der Waals surface area contributed by atoms with Gasteiger partial charge in [0, 0.05) is 16.0 Å². The number of aldehydes is 1. The summed E-state index contributed by atoms with van der Waals surface area (Å²) >= 11 is 0. The molecule has 1 nitrogen and oxygen atoms in total. The van der Waals surface area contributed by atoms with Crippen LogP contribution in [0.4, 0.5) is 0 Å². The van der Waals surface area contributed by atoms with E-state index in [1.807, 2.05) is 43.3 Å². The molecular weight excluding hydrogens is 300 g/mol. The summed E-state index contributed by atoms with van der Waals surface area (Å²) in [6, 6.07) is 10.2. The first kappa shape index (κ1) is 17.6. The number of rotatable bonds is 3. The van der Waals surface area contributed by atoms with E-state index < -0.39 is 10.0 Å². The smallest absolute Gasteiger partial charge is 0.151 e. The van der Waals surface area contributed by atoms with E-state index in [9.17, 15) is 4.79 Å². The summed E-state index contributed by atoms with van der Waals surface area (Å²) in [4.78, 5) is 13.2. The third-order valence-electron chi connectivity index (χ3n) is 4.66. The van der Waals surface area contributed by atoms with E-state index in [0.717, 1.165) is 28.5 Å². The highest BCUT2D eigenvalue weighted by molar-refractivity contribution is 8.33. The van der Waals surface area contributed by atoms with Crippen LogP contribution in [0.3, 0.4) is 0 Å². The van der Waals surface area contributed by atoms with Crippen LogP contribution in [-0.2, 0) is 0 Å². The van der Waals surface area contributed by atoms with Gasteiger partial charge in [0.25, 0.3) is 0 Å². The second kappa shape index (κ2) is 6.39. The normalized spacial score (nSPS) is 12.6. The van der Waals surface area contributed by atoms with Gasteiger partial charge in [-0.25, -0.2) is 10.0 Å². The van der Waals surface area contributed by atoms with Crippen LogP contribution in [0.5, 0.6) is 0 Å².